The third-order valence-corrected chi connectivity index (χ3v) is 7.08. The molecule has 0 spiro atoms. The van der Waals surface area contributed by atoms with E-state index in [1.807, 2.05) is 0 Å². The second-order valence-electron chi connectivity index (χ2n) is 8.42. The molecular weight excluding hydrogens is 329 g/mol. The molecule has 1 saturated heterocycles. The molecule has 0 radical (unpaired) electrons. The van der Waals surface area contributed by atoms with Crippen molar-refractivity contribution in [1.29, 1.82) is 0 Å². The second-order valence-corrected chi connectivity index (χ2v) is 8.89. The predicted molar refractivity (Wildman–Crippen MR) is 108 cm³/mol. The summed E-state index contributed by atoms with van der Waals surface area (Å²) in [5, 5.41) is 7.27. The first-order valence-electron chi connectivity index (χ1n) is 10.7. The van der Waals surface area contributed by atoms with Crippen LogP contribution in [0, 0.1) is 5.92 Å². The zero-order valence-electron chi connectivity index (χ0n) is 15.8. The van der Waals surface area contributed by atoms with Gasteiger partial charge in [-0.25, -0.2) is 0 Å². The number of hydrogen-bond donors (Lipinski definition) is 2. The highest BCUT2D eigenvalue weighted by Crippen LogP contribution is 2.29. The summed E-state index contributed by atoms with van der Waals surface area (Å²) >= 11 is 0. The van der Waals surface area contributed by atoms with Gasteiger partial charge in [-0.1, -0.05) is 51.4 Å². The smallest absolute Gasteiger partial charge is 0.240 e. The Kier molecular flexibility index (Phi) is 8.01. The van der Waals surface area contributed by atoms with Crippen molar-refractivity contribution in [2.75, 3.05) is 25.8 Å². The molecule has 2 aliphatic carbocycles. The highest BCUT2D eigenvalue weighted by atomic mass is 31.0. The molecule has 3 rings (SSSR count). The van der Waals surface area contributed by atoms with E-state index in [0.717, 1.165) is 38.1 Å². The SMILES string of the molecule is O=C([C@@H](CC1CCCCC1)NC1CCCCC1)N1CCNC[C@H]1CP. The van der Waals surface area contributed by atoms with E-state index >= 15 is 0 Å². The van der Waals surface area contributed by atoms with Crippen LogP contribution in [0.1, 0.15) is 70.6 Å². The van der Waals surface area contributed by atoms with Crippen LogP contribution in [0.2, 0.25) is 0 Å². The summed E-state index contributed by atoms with van der Waals surface area (Å²) in [7, 11) is 2.83. The largest absolute Gasteiger partial charge is 0.335 e. The molecule has 0 aromatic carbocycles. The molecule has 3 aliphatic rings. The Morgan fingerprint density at radius 2 is 1.76 bits per heavy atom. The summed E-state index contributed by atoms with van der Waals surface area (Å²) in [6, 6.07) is 0.945. The average Bonchev–Trinajstić information content (AvgIpc) is 2.68. The van der Waals surface area contributed by atoms with Crippen LogP contribution in [0.15, 0.2) is 0 Å². The van der Waals surface area contributed by atoms with Crippen LogP contribution in [0.4, 0.5) is 0 Å². The molecule has 1 aliphatic heterocycles. The van der Waals surface area contributed by atoms with E-state index in [4.69, 9.17) is 0 Å². The van der Waals surface area contributed by atoms with E-state index < -0.39 is 0 Å². The summed E-state index contributed by atoms with van der Waals surface area (Å²) in [4.78, 5) is 15.6. The minimum atomic E-state index is 0.0448. The van der Waals surface area contributed by atoms with Crippen molar-refractivity contribution < 1.29 is 4.79 Å². The van der Waals surface area contributed by atoms with E-state index in [-0.39, 0.29) is 6.04 Å². The van der Waals surface area contributed by atoms with Gasteiger partial charge in [0.05, 0.1) is 6.04 Å². The second kappa shape index (κ2) is 10.2. The average molecular weight is 368 g/mol. The lowest BCUT2D eigenvalue weighted by Gasteiger charge is -2.40. The van der Waals surface area contributed by atoms with Crippen LogP contribution < -0.4 is 10.6 Å². The Hall–Kier alpha value is -0.180. The fourth-order valence-electron chi connectivity index (χ4n) is 5.01. The van der Waals surface area contributed by atoms with Gasteiger partial charge in [0.1, 0.15) is 0 Å². The number of hydrogen-bond acceptors (Lipinski definition) is 3. The maximum Gasteiger partial charge on any atom is 0.240 e. The number of nitrogens with one attached hydrogen (secondary N) is 2. The lowest BCUT2D eigenvalue weighted by Crippen LogP contribution is -2.60. The minimum absolute atomic E-state index is 0.0448. The molecule has 2 saturated carbocycles. The summed E-state index contributed by atoms with van der Waals surface area (Å²) < 4.78 is 0. The summed E-state index contributed by atoms with van der Waals surface area (Å²) in [5.74, 6) is 1.13. The van der Waals surface area contributed by atoms with Gasteiger partial charge in [-0.2, -0.15) is 0 Å². The maximum atomic E-state index is 13.4. The first kappa shape index (κ1) is 19.6. The van der Waals surface area contributed by atoms with Crippen molar-refractivity contribution in [2.45, 2.75) is 88.8 Å². The molecule has 0 aromatic heterocycles. The van der Waals surface area contributed by atoms with E-state index in [9.17, 15) is 4.79 Å². The molecule has 25 heavy (non-hydrogen) atoms. The fourth-order valence-corrected chi connectivity index (χ4v) is 5.43. The third-order valence-electron chi connectivity index (χ3n) is 6.54. The highest BCUT2D eigenvalue weighted by Gasteiger charge is 2.33. The molecule has 3 fully saturated rings. The van der Waals surface area contributed by atoms with Gasteiger partial charge in [0.25, 0.3) is 0 Å². The molecule has 5 heteroatoms. The number of piperazine rings is 1. The van der Waals surface area contributed by atoms with Crippen LogP contribution in [-0.2, 0) is 4.79 Å². The molecular formula is C20H38N3OP. The molecule has 2 N–H and O–H groups in total. The molecule has 1 unspecified atom stereocenters. The van der Waals surface area contributed by atoms with Crippen molar-refractivity contribution in [3.63, 3.8) is 0 Å². The topological polar surface area (TPSA) is 44.4 Å². The highest BCUT2D eigenvalue weighted by molar-refractivity contribution is 7.16. The van der Waals surface area contributed by atoms with Gasteiger partial charge in [0, 0.05) is 31.7 Å². The molecule has 0 bridgehead atoms. The Labute approximate surface area is 156 Å². The summed E-state index contributed by atoms with van der Waals surface area (Å²) in [5.41, 5.74) is 0. The normalized spacial score (nSPS) is 28.0. The Balaban J connectivity index is 1.65. The lowest BCUT2D eigenvalue weighted by molar-refractivity contribution is -0.137. The van der Waals surface area contributed by atoms with Crippen LogP contribution in [-0.4, -0.2) is 54.7 Å². The quantitative estimate of drug-likeness (QED) is 0.710. The zero-order valence-corrected chi connectivity index (χ0v) is 17.0. The number of carbonyl (C=O) groups is 1. The van der Waals surface area contributed by atoms with Crippen LogP contribution in [0.5, 0.6) is 0 Å². The van der Waals surface area contributed by atoms with Crippen molar-refractivity contribution in [3.8, 4) is 0 Å². The van der Waals surface area contributed by atoms with Crippen molar-refractivity contribution >= 4 is 15.1 Å². The van der Waals surface area contributed by atoms with Gasteiger partial charge in [0.2, 0.25) is 5.91 Å². The monoisotopic (exact) mass is 367 g/mol. The molecule has 1 amide bonds. The van der Waals surface area contributed by atoms with Gasteiger partial charge >= 0.3 is 0 Å². The molecule has 1 heterocycles. The van der Waals surface area contributed by atoms with E-state index in [2.05, 4.69) is 24.8 Å². The Morgan fingerprint density at radius 3 is 2.44 bits per heavy atom. The zero-order chi connectivity index (χ0) is 17.5. The standard InChI is InChI=1S/C20H38N3OP/c24-20(23-12-11-21-14-18(23)15-25)19(13-16-7-3-1-4-8-16)22-17-9-5-2-6-10-17/h16-19,21-22H,1-15,25H2/t18-,19+/m0/s1. The van der Waals surface area contributed by atoms with Crippen molar-refractivity contribution in [1.82, 2.24) is 15.5 Å². The van der Waals surface area contributed by atoms with Crippen LogP contribution >= 0.6 is 9.24 Å². The molecule has 4 nitrogen and oxygen atoms in total. The van der Waals surface area contributed by atoms with E-state index in [0.29, 0.717) is 18.0 Å². The number of rotatable bonds is 6. The van der Waals surface area contributed by atoms with Crippen molar-refractivity contribution in [3.05, 3.63) is 0 Å². The molecule has 3 atom stereocenters. The van der Waals surface area contributed by atoms with E-state index in [1.54, 1.807) is 0 Å². The molecule has 0 aromatic rings. The summed E-state index contributed by atoms with van der Waals surface area (Å²) in [6.07, 6.45) is 15.3. The number of carbonyl (C=O) groups excluding carboxylic acids is 1. The Morgan fingerprint density at radius 1 is 1.08 bits per heavy atom. The maximum absolute atomic E-state index is 13.4. The number of nitrogens with zero attached hydrogens (tertiary/aromatic N) is 1. The van der Waals surface area contributed by atoms with Gasteiger partial charge in [-0.15, -0.1) is 9.24 Å². The summed E-state index contributed by atoms with van der Waals surface area (Å²) in [6.45, 7) is 2.74. The number of amides is 1. The van der Waals surface area contributed by atoms with Gasteiger partial charge in [-0.3, -0.25) is 4.79 Å². The van der Waals surface area contributed by atoms with E-state index in [1.165, 1.54) is 64.2 Å². The van der Waals surface area contributed by atoms with Gasteiger partial charge in [-0.05, 0) is 31.3 Å². The van der Waals surface area contributed by atoms with Crippen molar-refractivity contribution in [2.24, 2.45) is 5.92 Å². The van der Waals surface area contributed by atoms with Crippen LogP contribution in [0.25, 0.3) is 0 Å². The first-order valence-corrected chi connectivity index (χ1v) is 11.6. The Bertz CT molecular complexity index is 388. The minimum Gasteiger partial charge on any atom is -0.335 e. The first-order chi connectivity index (χ1) is 12.3. The fraction of sp³-hybridized carbons (Fsp3) is 0.950. The van der Waals surface area contributed by atoms with Gasteiger partial charge < -0.3 is 15.5 Å². The predicted octanol–water partition coefficient (Wildman–Crippen LogP) is 2.92. The molecule has 144 valence electrons. The third kappa shape index (κ3) is 5.65. The lowest BCUT2D eigenvalue weighted by atomic mass is 9.84. The van der Waals surface area contributed by atoms with Crippen LogP contribution in [0.3, 0.4) is 0 Å². The van der Waals surface area contributed by atoms with Gasteiger partial charge in [0.15, 0.2) is 0 Å².